The van der Waals surface area contributed by atoms with Gasteiger partial charge >= 0.3 is 0 Å². The van der Waals surface area contributed by atoms with Crippen LogP contribution in [0.1, 0.15) is 23.2 Å². The average Bonchev–Trinajstić information content (AvgIpc) is 2.47. The number of nitrogens with one attached hydrogen (secondary N) is 1. The van der Waals surface area contributed by atoms with E-state index in [4.69, 9.17) is 22.1 Å². The highest BCUT2D eigenvalue weighted by atomic mass is 35.5. The van der Waals surface area contributed by atoms with Crippen molar-refractivity contribution in [3.8, 4) is 0 Å². The van der Waals surface area contributed by atoms with Crippen molar-refractivity contribution in [2.75, 3.05) is 32.6 Å². The van der Waals surface area contributed by atoms with E-state index in [1.807, 2.05) is 0 Å². The zero-order valence-corrected chi connectivity index (χ0v) is 13.4. The number of rotatable bonds is 3. The zero-order valence-electron chi connectivity index (χ0n) is 12.7. The molecule has 0 aliphatic carbocycles. The molecule has 0 saturated carbocycles. The highest BCUT2D eigenvalue weighted by Gasteiger charge is 2.36. The van der Waals surface area contributed by atoms with E-state index in [1.54, 1.807) is 32.3 Å². The lowest BCUT2D eigenvalue weighted by Gasteiger charge is -2.31. The summed E-state index contributed by atoms with van der Waals surface area (Å²) in [4.78, 5) is 25.7. The molecule has 7 heteroatoms. The Morgan fingerprint density at radius 2 is 1.95 bits per heavy atom. The molecule has 1 aliphatic heterocycles. The van der Waals surface area contributed by atoms with Crippen LogP contribution in [0, 0.1) is 0 Å². The van der Waals surface area contributed by atoms with E-state index in [-0.39, 0.29) is 16.8 Å². The Morgan fingerprint density at radius 1 is 1.32 bits per heavy atom. The van der Waals surface area contributed by atoms with Crippen LogP contribution >= 0.6 is 11.6 Å². The highest BCUT2D eigenvalue weighted by Crippen LogP contribution is 2.24. The topological polar surface area (TPSA) is 84.7 Å². The Kier molecular flexibility index (Phi) is 5.05. The van der Waals surface area contributed by atoms with Crippen molar-refractivity contribution in [2.45, 2.75) is 18.4 Å². The number of anilines is 1. The van der Waals surface area contributed by atoms with Crippen LogP contribution in [-0.2, 0) is 9.53 Å². The third-order valence-electron chi connectivity index (χ3n) is 3.70. The normalized spacial score (nSPS) is 16.9. The van der Waals surface area contributed by atoms with E-state index < -0.39 is 5.54 Å². The third kappa shape index (κ3) is 3.58. The number of carbonyl (C=O) groups is 2. The standard InChI is InChI=1S/C15H20ClN3O3/c1-19(2)13(20)11-4-3-10(9-12(11)16)18-14(21)15(17)5-7-22-8-6-15/h3-4,9H,5-8,17H2,1-2H3,(H,18,21). The maximum Gasteiger partial charge on any atom is 0.254 e. The fraction of sp³-hybridized carbons (Fsp3) is 0.467. The highest BCUT2D eigenvalue weighted by molar-refractivity contribution is 6.34. The molecule has 2 rings (SSSR count). The van der Waals surface area contributed by atoms with Gasteiger partial charge in [0.2, 0.25) is 5.91 Å². The van der Waals surface area contributed by atoms with Crippen LogP contribution in [0.15, 0.2) is 18.2 Å². The predicted octanol–water partition coefficient (Wildman–Crippen LogP) is 1.49. The number of carbonyl (C=O) groups excluding carboxylic acids is 2. The van der Waals surface area contributed by atoms with Gasteiger partial charge in [0.05, 0.1) is 10.6 Å². The number of hydrogen-bond acceptors (Lipinski definition) is 4. The van der Waals surface area contributed by atoms with Crippen LogP contribution in [0.2, 0.25) is 5.02 Å². The first-order valence-corrected chi connectivity index (χ1v) is 7.40. The first-order chi connectivity index (χ1) is 10.3. The fourth-order valence-electron chi connectivity index (χ4n) is 2.23. The number of hydrogen-bond donors (Lipinski definition) is 2. The Balaban J connectivity index is 2.12. The molecular formula is C15H20ClN3O3. The molecule has 1 aromatic rings. The van der Waals surface area contributed by atoms with Crippen LogP contribution in [0.5, 0.6) is 0 Å². The van der Waals surface area contributed by atoms with Gasteiger partial charge in [0.1, 0.15) is 5.54 Å². The minimum absolute atomic E-state index is 0.192. The number of benzene rings is 1. The van der Waals surface area contributed by atoms with Gasteiger partial charge in [-0.1, -0.05) is 11.6 Å². The summed E-state index contributed by atoms with van der Waals surface area (Å²) in [6.07, 6.45) is 0.952. The van der Waals surface area contributed by atoms with Crippen LogP contribution in [-0.4, -0.2) is 49.6 Å². The molecule has 6 nitrogen and oxygen atoms in total. The Morgan fingerprint density at radius 3 is 2.50 bits per heavy atom. The monoisotopic (exact) mass is 325 g/mol. The van der Waals surface area contributed by atoms with E-state index in [2.05, 4.69) is 5.32 Å². The van der Waals surface area contributed by atoms with E-state index >= 15 is 0 Å². The summed E-state index contributed by atoms with van der Waals surface area (Å²) in [5, 5.41) is 3.05. The molecule has 120 valence electrons. The Hall–Kier alpha value is -1.63. The average molecular weight is 326 g/mol. The molecule has 0 unspecified atom stereocenters. The van der Waals surface area contributed by atoms with Crippen LogP contribution in [0.4, 0.5) is 5.69 Å². The zero-order chi connectivity index (χ0) is 16.3. The molecule has 1 heterocycles. The van der Waals surface area contributed by atoms with Crippen molar-refractivity contribution >= 4 is 29.1 Å². The van der Waals surface area contributed by atoms with Crippen molar-refractivity contribution in [3.05, 3.63) is 28.8 Å². The van der Waals surface area contributed by atoms with Gasteiger partial charge in [0, 0.05) is 33.0 Å². The molecule has 2 amide bonds. The molecule has 1 fully saturated rings. The molecule has 0 radical (unpaired) electrons. The molecular weight excluding hydrogens is 306 g/mol. The summed E-state index contributed by atoms with van der Waals surface area (Å²) < 4.78 is 5.23. The van der Waals surface area contributed by atoms with Gasteiger partial charge < -0.3 is 20.7 Å². The second-order valence-corrected chi connectivity index (χ2v) is 6.02. The van der Waals surface area contributed by atoms with Gasteiger partial charge in [-0.2, -0.15) is 0 Å². The van der Waals surface area contributed by atoms with Gasteiger partial charge in [-0.05, 0) is 31.0 Å². The van der Waals surface area contributed by atoms with Crippen molar-refractivity contribution in [2.24, 2.45) is 5.73 Å². The number of nitrogens with zero attached hydrogens (tertiary/aromatic N) is 1. The first kappa shape index (κ1) is 16.7. The van der Waals surface area contributed by atoms with E-state index in [1.165, 1.54) is 4.90 Å². The van der Waals surface area contributed by atoms with E-state index in [9.17, 15) is 9.59 Å². The molecule has 0 spiro atoms. The Bertz CT molecular complexity index is 583. The van der Waals surface area contributed by atoms with Gasteiger partial charge in [0.15, 0.2) is 0 Å². The SMILES string of the molecule is CN(C)C(=O)c1ccc(NC(=O)C2(N)CCOCC2)cc1Cl. The molecule has 0 bridgehead atoms. The molecule has 1 aromatic carbocycles. The molecule has 1 saturated heterocycles. The van der Waals surface area contributed by atoms with E-state index in [0.29, 0.717) is 37.3 Å². The van der Waals surface area contributed by atoms with Gasteiger partial charge in [-0.25, -0.2) is 0 Å². The van der Waals surface area contributed by atoms with Crippen LogP contribution in [0.3, 0.4) is 0 Å². The van der Waals surface area contributed by atoms with Crippen LogP contribution in [0.25, 0.3) is 0 Å². The molecule has 1 aliphatic rings. The van der Waals surface area contributed by atoms with Crippen molar-refractivity contribution in [1.29, 1.82) is 0 Å². The number of nitrogens with two attached hydrogens (primary N) is 1. The molecule has 0 aromatic heterocycles. The molecule has 0 atom stereocenters. The lowest BCUT2D eigenvalue weighted by molar-refractivity contribution is -0.124. The largest absolute Gasteiger partial charge is 0.381 e. The van der Waals surface area contributed by atoms with Crippen molar-refractivity contribution in [1.82, 2.24) is 4.90 Å². The quantitative estimate of drug-likeness (QED) is 0.881. The van der Waals surface area contributed by atoms with Crippen LogP contribution < -0.4 is 11.1 Å². The number of amides is 2. The van der Waals surface area contributed by atoms with Gasteiger partial charge in [-0.15, -0.1) is 0 Å². The summed E-state index contributed by atoms with van der Waals surface area (Å²) in [5.74, 6) is -0.457. The number of ether oxygens (including phenoxy) is 1. The summed E-state index contributed by atoms with van der Waals surface area (Å²) in [7, 11) is 3.30. The summed E-state index contributed by atoms with van der Waals surface area (Å²) in [6.45, 7) is 0.946. The summed E-state index contributed by atoms with van der Waals surface area (Å²) >= 11 is 6.12. The third-order valence-corrected chi connectivity index (χ3v) is 4.01. The lowest BCUT2D eigenvalue weighted by atomic mass is 9.90. The smallest absolute Gasteiger partial charge is 0.254 e. The summed E-state index contributed by atoms with van der Waals surface area (Å²) in [5.41, 5.74) is 6.10. The second-order valence-electron chi connectivity index (χ2n) is 5.62. The van der Waals surface area contributed by atoms with Gasteiger partial charge in [0.25, 0.3) is 5.91 Å². The van der Waals surface area contributed by atoms with E-state index in [0.717, 1.165) is 0 Å². The van der Waals surface area contributed by atoms with Crippen molar-refractivity contribution < 1.29 is 14.3 Å². The second kappa shape index (κ2) is 6.64. The van der Waals surface area contributed by atoms with Gasteiger partial charge in [-0.3, -0.25) is 9.59 Å². The first-order valence-electron chi connectivity index (χ1n) is 7.03. The fourth-order valence-corrected chi connectivity index (χ4v) is 2.49. The predicted molar refractivity (Wildman–Crippen MR) is 85.1 cm³/mol. The number of halogens is 1. The minimum atomic E-state index is -0.928. The maximum atomic E-state index is 12.3. The van der Waals surface area contributed by atoms with Crippen molar-refractivity contribution in [3.63, 3.8) is 0 Å². The summed E-state index contributed by atoms with van der Waals surface area (Å²) in [6, 6.07) is 4.79. The molecule has 22 heavy (non-hydrogen) atoms. The minimum Gasteiger partial charge on any atom is -0.381 e. The lowest BCUT2D eigenvalue weighted by Crippen LogP contribution is -2.54. The Labute approximate surface area is 134 Å². The molecule has 3 N–H and O–H groups in total. The maximum absolute atomic E-state index is 12.3.